The first-order valence-corrected chi connectivity index (χ1v) is 9.90. The molecule has 9 heteroatoms. The standard InChI is InChI=1S/C23H20N2O7/c26-12-11-17-23(22(30)31,21(29)24-18(27)15-9-5-2-6-10-15)25-19(28)16(20(25)32-17)13-14-7-3-1-4-8-14/h1-11,16,20,26H,12-13H2,(H,30,31)(H,24,27,29)/b17-11-/t16?,20-,23-/m1/s1. The molecular formula is C23H20N2O7. The Kier molecular flexibility index (Phi) is 5.50. The molecule has 9 nitrogen and oxygen atoms in total. The maximum Gasteiger partial charge on any atom is 0.347 e. The summed E-state index contributed by atoms with van der Waals surface area (Å²) in [6.45, 7) is -0.623. The number of imide groups is 1. The Morgan fingerprint density at radius 2 is 1.69 bits per heavy atom. The average molecular weight is 436 g/mol. The molecule has 4 rings (SSSR count). The van der Waals surface area contributed by atoms with Crippen LogP contribution in [0, 0.1) is 5.92 Å². The van der Waals surface area contributed by atoms with Crippen LogP contribution in [0.4, 0.5) is 0 Å². The lowest BCUT2D eigenvalue weighted by molar-refractivity contribution is -0.184. The summed E-state index contributed by atoms with van der Waals surface area (Å²) in [6.07, 6.45) is 0.286. The van der Waals surface area contributed by atoms with E-state index < -0.39 is 53.7 Å². The van der Waals surface area contributed by atoms with Gasteiger partial charge in [0.25, 0.3) is 17.4 Å². The highest BCUT2D eigenvalue weighted by atomic mass is 16.5. The lowest BCUT2D eigenvalue weighted by atomic mass is 9.83. The van der Waals surface area contributed by atoms with Gasteiger partial charge in [-0.05, 0) is 30.2 Å². The van der Waals surface area contributed by atoms with E-state index >= 15 is 0 Å². The first-order valence-electron chi connectivity index (χ1n) is 9.90. The summed E-state index contributed by atoms with van der Waals surface area (Å²) < 4.78 is 5.69. The summed E-state index contributed by atoms with van der Waals surface area (Å²) in [5.74, 6) is -5.46. The normalized spacial score (nSPS) is 25.0. The fourth-order valence-electron chi connectivity index (χ4n) is 4.07. The zero-order valence-electron chi connectivity index (χ0n) is 16.8. The van der Waals surface area contributed by atoms with Gasteiger partial charge < -0.3 is 14.9 Å². The van der Waals surface area contributed by atoms with Crippen LogP contribution in [0.2, 0.25) is 0 Å². The number of hydrogen-bond acceptors (Lipinski definition) is 6. The quantitative estimate of drug-likeness (QED) is 0.345. The van der Waals surface area contributed by atoms with Gasteiger partial charge >= 0.3 is 5.97 Å². The third-order valence-corrected chi connectivity index (χ3v) is 5.60. The van der Waals surface area contributed by atoms with Crippen molar-refractivity contribution in [2.45, 2.75) is 18.2 Å². The Hall–Kier alpha value is -3.98. The molecule has 3 amide bonds. The first-order chi connectivity index (χ1) is 15.4. The Morgan fingerprint density at radius 1 is 1.06 bits per heavy atom. The molecule has 164 valence electrons. The van der Waals surface area contributed by atoms with E-state index in [-0.39, 0.29) is 12.0 Å². The van der Waals surface area contributed by atoms with E-state index in [9.17, 15) is 29.4 Å². The largest absolute Gasteiger partial charge is 0.479 e. The van der Waals surface area contributed by atoms with Crippen molar-refractivity contribution in [2.24, 2.45) is 5.92 Å². The summed E-state index contributed by atoms with van der Waals surface area (Å²) in [4.78, 5) is 51.9. The van der Waals surface area contributed by atoms with E-state index in [1.807, 2.05) is 30.3 Å². The van der Waals surface area contributed by atoms with E-state index in [4.69, 9.17) is 4.74 Å². The monoisotopic (exact) mass is 436 g/mol. The molecule has 3 atom stereocenters. The third-order valence-electron chi connectivity index (χ3n) is 5.60. The fourth-order valence-corrected chi connectivity index (χ4v) is 4.07. The number of carbonyl (C=O) groups is 4. The Balaban J connectivity index is 1.66. The Morgan fingerprint density at radius 3 is 2.28 bits per heavy atom. The maximum absolute atomic E-state index is 13.2. The van der Waals surface area contributed by atoms with Crippen LogP contribution in [0.3, 0.4) is 0 Å². The number of carboxylic acid groups (broad SMARTS) is 1. The molecule has 1 unspecified atom stereocenters. The number of benzene rings is 2. The minimum Gasteiger partial charge on any atom is -0.479 e. The number of aliphatic hydroxyl groups excluding tert-OH is 1. The van der Waals surface area contributed by atoms with Crippen molar-refractivity contribution in [2.75, 3.05) is 6.61 Å². The van der Waals surface area contributed by atoms with Crippen molar-refractivity contribution in [1.29, 1.82) is 0 Å². The highest BCUT2D eigenvalue weighted by molar-refractivity contribution is 6.19. The predicted octanol–water partition coefficient (Wildman–Crippen LogP) is 0.700. The first kappa shape index (κ1) is 21.3. The molecule has 2 aliphatic heterocycles. The van der Waals surface area contributed by atoms with Gasteiger partial charge in [0.15, 0.2) is 6.23 Å². The zero-order chi connectivity index (χ0) is 22.9. The van der Waals surface area contributed by atoms with Crippen LogP contribution < -0.4 is 5.32 Å². The number of ether oxygens (including phenoxy) is 1. The number of amides is 3. The lowest BCUT2D eigenvalue weighted by Crippen LogP contribution is -2.72. The van der Waals surface area contributed by atoms with E-state index in [1.165, 1.54) is 12.1 Å². The van der Waals surface area contributed by atoms with E-state index in [0.717, 1.165) is 16.5 Å². The fraction of sp³-hybridized carbons (Fsp3) is 0.217. The molecule has 2 aromatic carbocycles. The molecule has 2 fully saturated rings. The number of nitrogens with one attached hydrogen (secondary N) is 1. The van der Waals surface area contributed by atoms with Gasteiger partial charge in [-0.2, -0.15) is 0 Å². The minimum atomic E-state index is -2.60. The van der Waals surface area contributed by atoms with E-state index in [1.54, 1.807) is 18.2 Å². The topological polar surface area (TPSA) is 133 Å². The number of aliphatic carboxylic acids is 1. The lowest BCUT2D eigenvalue weighted by Gasteiger charge is -2.44. The number of nitrogens with zero attached hydrogens (tertiary/aromatic N) is 1. The minimum absolute atomic E-state index is 0.140. The maximum atomic E-state index is 13.2. The molecule has 0 bridgehead atoms. The molecule has 0 saturated carbocycles. The van der Waals surface area contributed by atoms with Crippen molar-refractivity contribution in [1.82, 2.24) is 10.2 Å². The number of carboxylic acids is 1. The molecule has 32 heavy (non-hydrogen) atoms. The highest BCUT2D eigenvalue weighted by Gasteiger charge is 2.72. The summed E-state index contributed by atoms with van der Waals surface area (Å²) in [5.41, 5.74) is -1.61. The smallest absolute Gasteiger partial charge is 0.347 e. The van der Waals surface area contributed by atoms with Crippen LogP contribution in [0.15, 0.2) is 72.5 Å². The van der Waals surface area contributed by atoms with Gasteiger partial charge in [0.1, 0.15) is 5.76 Å². The number of hydrogen-bond donors (Lipinski definition) is 3. The van der Waals surface area contributed by atoms with Crippen LogP contribution in [-0.4, -0.2) is 57.2 Å². The molecule has 3 N–H and O–H groups in total. The van der Waals surface area contributed by atoms with Crippen molar-refractivity contribution in [3.8, 4) is 0 Å². The number of carbonyl (C=O) groups excluding carboxylic acids is 3. The molecule has 2 aromatic rings. The van der Waals surface area contributed by atoms with Crippen molar-refractivity contribution in [3.63, 3.8) is 0 Å². The highest BCUT2D eigenvalue weighted by Crippen LogP contribution is 2.48. The number of β-lactam (4-membered cyclic amide) rings is 1. The molecule has 0 aromatic heterocycles. The van der Waals surface area contributed by atoms with Crippen LogP contribution in [0.25, 0.3) is 0 Å². The number of aliphatic hydroxyl groups is 1. The van der Waals surface area contributed by atoms with Crippen molar-refractivity contribution in [3.05, 3.63) is 83.6 Å². The number of rotatable bonds is 6. The van der Waals surface area contributed by atoms with E-state index in [0.29, 0.717) is 0 Å². The molecule has 0 aliphatic carbocycles. The van der Waals surface area contributed by atoms with Gasteiger partial charge in [-0.15, -0.1) is 0 Å². The molecular weight excluding hydrogens is 416 g/mol. The summed E-state index contributed by atoms with van der Waals surface area (Å²) >= 11 is 0. The van der Waals surface area contributed by atoms with Gasteiger partial charge in [-0.1, -0.05) is 48.5 Å². The summed E-state index contributed by atoms with van der Waals surface area (Å²) in [6, 6.07) is 16.9. The summed E-state index contributed by atoms with van der Waals surface area (Å²) in [5, 5.41) is 21.5. The molecule has 0 radical (unpaired) electrons. The van der Waals surface area contributed by atoms with Gasteiger partial charge in [0, 0.05) is 5.56 Å². The second kappa shape index (κ2) is 8.27. The summed E-state index contributed by atoms with van der Waals surface area (Å²) in [7, 11) is 0. The third kappa shape index (κ3) is 3.23. The van der Waals surface area contributed by atoms with Crippen LogP contribution in [0.1, 0.15) is 15.9 Å². The molecule has 0 spiro atoms. The molecule has 2 aliphatic rings. The predicted molar refractivity (Wildman–Crippen MR) is 110 cm³/mol. The van der Waals surface area contributed by atoms with Crippen molar-refractivity contribution < 1.29 is 34.1 Å². The van der Waals surface area contributed by atoms with Gasteiger partial charge in [0.05, 0.1) is 12.5 Å². The van der Waals surface area contributed by atoms with Gasteiger partial charge in [-0.25, -0.2) is 4.79 Å². The Labute approximate surface area is 182 Å². The number of fused-ring (bicyclic) bond motifs is 1. The Bertz CT molecular complexity index is 1100. The van der Waals surface area contributed by atoms with Crippen LogP contribution in [-0.2, 0) is 25.5 Å². The molecule has 2 heterocycles. The second-order valence-corrected chi connectivity index (χ2v) is 7.43. The second-order valence-electron chi connectivity index (χ2n) is 7.43. The zero-order valence-corrected chi connectivity index (χ0v) is 16.8. The molecule has 2 saturated heterocycles. The van der Waals surface area contributed by atoms with Crippen LogP contribution >= 0.6 is 0 Å². The van der Waals surface area contributed by atoms with Gasteiger partial charge in [0.2, 0.25) is 5.91 Å². The SMILES string of the molecule is O=C(NC(=O)[C@@]1(C(=O)O)/C(=C/CO)O[C@@H]2C(Cc3ccccc3)C(=O)N21)c1ccccc1. The van der Waals surface area contributed by atoms with Gasteiger partial charge in [-0.3, -0.25) is 24.6 Å². The average Bonchev–Trinajstić information content (AvgIpc) is 3.11. The van der Waals surface area contributed by atoms with Crippen LogP contribution in [0.5, 0.6) is 0 Å². The van der Waals surface area contributed by atoms with Crippen molar-refractivity contribution >= 4 is 23.7 Å². The van der Waals surface area contributed by atoms with E-state index in [2.05, 4.69) is 5.32 Å².